The summed E-state index contributed by atoms with van der Waals surface area (Å²) in [5, 5.41) is 43.2. The van der Waals surface area contributed by atoms with Gasteiger partial charge >= 0.3 is 0 Å². The number of nitrogens with zero attached hydrogens (tertiary/aromatic N) is 4. The monoisotopic (exact) mass is 485 g/mol. The highest BCUT2D eigenvalue weighted by molar-refractivity contribution is 6.10. The molecule has 0 aliphatic carbocycles. The number of amides is 1. The van der Waals surface area contributed by atoms with Crippen molar-refractivity contribution in [3.63, 3.8) is 0 Å². The zero-order valence-corrected chi connectivity index (χ0v) is 18.5. The molecular weight excluding hydrogens is 470 g/mol. The molecule has 12 nitrogen and oxygen atoms in total. The van der Waals surface area contributed by atoms with Crippen LogP contribution in [0.15, 0.2) is 66.2 Å². The molecular formula is C24H15N5O7. The number of nitro benzene ring substituents is 2. The van der Waals surface area contributed by atoms with Crippen LogP contribution in [-0.2, 0) is 4.79 Å². The number of carbonyl (C=O) groups excluding carboxylic acids is 1. The van der Waals surface area contributed by atoms with E-state index in [4.69, 9.17) is 9.47 Å². The number of hydrogen-bond acceptors (Lipinski definition) is 9. The van der Waals surface area contributed by atoms with Crippen molar-refractivity contribution in [1.82, 2.24) is 0 Å². The topological polar surface area (TPSA) is 181 Å². The van der Waals surface area contributed by atoms with E-state index >= 15 is 0 Å². The van der Waals surface area contributed by atoms with Gasteiger partial charge in [-0.05, 0) is 35.9 Å². The maximum Gasteiger partial charge on any atom is 0.271 e. The van der Waals surface area contributed by atoms with Gasteiger partial charge in [-0.1, -0.05) is 12.1 Å². The molecule has 0 aromatic heterocycles. The molecule has 3 aromatic rings. The van der Waals surface area contributed by atoms with Crippen molar-refractivity contribution in [3.8, 4) is 29.4 Å². The Morgan fingerprint density at radius 3 is 2.25 bits per heavy atom. The maximum atomic E-state index is 12.7. The lowest BCUT2D eigenvalue weighted by Gasteiger charge is -2.10. The number of anilines is 1. The number of non-ortho nitro benzene ring substituents is 2. The number of nitro groups is 2. The molecule has 0 unspecified atom stereocenters. The first-order chi connectivity index (χ1) is 17.2. The van der Waals surface area contributed by atoms with Gasteiger partial charge in [-0.3, -0.25) is 25.0 Å². The highest BCUT2D eigenvalue weighted by Crippen LogP contribution is 2.31. The molecule has 36 heavy (non-hydrogen) atoms. The number of carbonyl (C=O) groups is 1. The van der Waals surface area contributed by atoms with Gasteiger partial charge in [-0.15, -0.1) is 0 Å². The van der Waals surface area contributed by atoms with Gasteiger partial charge < -0.3 is 14.8 Å². The number of ether oxygens (including phenoxy) is 2. The van der Waals surface area contributed by atoms with Gasteiger partial charge in [0.25, 0.3) is 17.3 Å². The Labute approximate surface area is 203 Å². The predicted molar refractivity (Wildman–Crippen MR) is 126 cm³/mol. The van der Waals surface area contributed by atoms with Crippen LogP contribution in [0.25, 0.3) is 6.08 Å². The summed E-state index contributed by atoms with van der Waals surface area (Å²) in [6.07, 6.45) is 1.27. The molecule has 0 spiro atoms. The van der Waals surface area contributed by atoms with Crippen molar-refractivity contribution in [3.05, 3.63) is 97.6 Å². The average Bonchev–Trinajstić information content (AvgIpc) is 2.87. The fourth-order valence-electron chi connectivity index (χ4n) is 3.01. The van der Waals surface area contributed by atoms with E-state index in [2.05, 4.69) is 5.32 Å². The zero-order valence-electron chi connectivity index (χ0n) is 18.5. The van der Waals surface area contributed by atoms with Gasteiger partial charge in [0.1, 0.15) is 40.5 Å². The number of benzene rings is 3. The van der Waals surface area contributed by atoms with E-state index < -0.39 is 15.8 Å². The van der Waals surface area contributed by atoms with Gasteiger partial charge in [0.05, 0.1) is 22.6 Å². The van der Waals surface area contributed by atoms with Crippen LogP contribution in [0, 0.1) is 42.9 Å². The van der Waals surface area contributed by atoms with E-state index in [0.717, 1.165) is 12.1 Å². The van der Waals surface area contributed by atoms with Crippen molar-refractivity contribution in [2.45, 2.75) is 0 Å². The van der Waals surface area contributed by atoms with Crippen LogP contribution >= 0.6 is 0 Å². The molecule has 0 bridgehead atoms. The van der Waals surface area contributed by atoms with Crippen LogP contribution in [0.2, 0.25) is 0 Å². The van der Waals surface area contributed by atoms with E-state index in [0.29, 0.717) is 5.56 Å². The SMILES string of the molecule is COc1ccc([N+](=O)[O-])cc1NC(=O)/C(C#N)=C/c1cccc(Oc2ccc([N+](=O)[O-])cc2C#N)c1. The molecule has 1 amide bonds. The fourth-order valence-corrected chi connectivity index (χ4v) is 3.01. The highest BCUT2D eigenvalue weighted by Gasteiger charge is 2.17. The van der Waals surface area contributed by atoms with Crippen LogP contribution in [0.4, 0.5) is 17.1 Å². The van der Waals surface area contributed by atoms with Crippen molar-refractivity contribution in [1.29, 1.82) is 10.5 Å². The molecule has 1 N–H and O–H groups in total. The Morgan fingerprint density at radius 2 is 1.64 bits per heavy atom. The van der Waals surface area contributed by atoms with Gasteiger partial charge in [-0.25, -0.2) is 0 Å². The Morgan fingerprint density at radius 1 is 0.972 bits per heavy atom. The van der Waals surface area contributed by atoms with Crippen molar-refractivity contribution in [2.24, 2.45) is 0 Å². The lowest BCUT2D eigenvalue weighted by Crippen LogP contribution is -2.14. The number of rotatable bonds is 8. The fraction of sp³-hybridized carbons (Fsp3) is 0.0417. The summed E-state index contributed by atoms with van der Waals surface area (Å²) >= 11 is 0. The first kappa shape index (κ1) is 24.9. The third-order valence-electron chi connectivity index (χ3n) is 4.70. The molecule has 0 saturated heterocycles. The molecule has 178 valence electrons. The third kappa shape index (κ3) is 5.78. The van der Waals surface area contributed by atoms with Gasteiger partial charge in [0.2, 0.25) is 0 Å². The number of hydrogen-bond donors (Lipinski definition) is 1. The Kier molecular flexibility index (Phi) is 7.54. The molecule has 3 aromatic carbocycles. The maximum absolute atomic E-state index is 12.7. The van der Waals surface area contributed by atoms with Crippen LogP contribution < -0.4 is 14.8 Å². The second kappa shape index (κ2) is 10.9. The van der Waals surface area contributed by atoms with Gasteiger partial charge in [0.15, 0.2) is 0 Å². The minimum atomic E-state index is -0.829. The Hall–Kier alpha value is -5.75. The summed E-state index contributed by atoms with van der Waals surface area (Å²) in [5.41, 5.74) is -0.494. The van der Waals surface area contributed by atoms with Crippen LogP contribution in [-0.4, -0.2) is 22.9 Å². The molecule has 0 fully saturated rings. The lowest BCUT2D eigenvalue weighted by molar-refractivity contribution is -0.385. The van der Waals surface area contributed by atoms with E-state index in [1.165, 1.54) is 43.5 Å². The quantitative estimate of drug-likeness (QED) is 0.204. The normalized spacial score (nSPS) is 10.5. The van der Waals surface area contributed by atoms with Crippen LogP contribution in [0.3, 0.4) is 0 Å². The second-order valence-corrected chi connectivity index (χ2v) is 6.99. The summed E-state index contributed by atoms with van der Waals surface area (Å²) < 4.78 is 10.8. The second-order valence-electron chi connectivity index (χ2n) is 6.99. The molecule has 0 heterocycles. The summed E-state index contributed by atoms with van der Waals surface area (Å²) in [6, 6.07) is 17.0. The van der Waals surface area contributed by atoms with Crippen molar-refractivity contribution < 1.29 is 24.1 Å². The minimum absolute atomic E-state index is 0.0112. The average molecular weight is 485 g/mol. The zero-order chi connectivity index (χ0) is 26.2. The smallest absolute Gasteiger partial charge is 0.271 e. The van der Waals surface area contributed by atoms with Crippen LogP contribution in [0.1, 0.15) is 11.1 Å². The largest absolute Gasteiger partial charge is 0.495 e. The number of nitrogens with one attached hydrogen (secondary N) is 1. The highest BCUT2D eigenvalue weighted by atomic mass is 16.6. The standard InChI is InChI=1S/C24H15N5O7/c1-35-23-8-6-19(29(33)34)12-21(23)27-24(30)17(14-26)9-15-3-2-4-20(10-15)36-22-7-5-18(28(31)32)11-16(22)13-25/h2-12H,1H3,(H,27,30)/b17-9+. The van der Waals surface area contributed by atoms with Gasteiger partial charge in [0, 0.05) is 24.3 Å². The Bertz CT molecular complexity index is 1480. The summed E-state index contributed by atoms with van der Waals surface area (Å²) in [5.74, 6) is -0.338. The first-order valence-corrected chi connectivity index (χ1v) is 9.97. The molecule has 12 heteroatoms. The molecule has 0 aliphatic rings. The summed E-state index contributed by atoms with van der Waals surface area (Å²) in [6.45, 7) is 0. The Balaban J connectivity index is 1.86. The van der Waals surface area contributed by atoms with Gasteiger partial charge in [-0.2, -0.15) is 10.5 Å². The minimum Gasteiger partial charge on any atom is -0.495 e. The third-order valence-corrected chi connectivity index (χ3v) is 4.70. The molecule has 0 atom stereocenters. The first-order valence-electron chi connectivity index (χ1n) is 9.97. The van der Waals surface area contributed by atoms with E-state index in [1.807, 2.05) is 6.07 Å². The van der Waals surface area contributed by atoms with Crippen molar-refractivity contribution >= 4 is 29.0 Å². The summed E-state index contributed by atoms with van der Waals surface area (Å²) in [7, 11) is 1.33. The molecule has 0 saturated carbocycles. The van der Waals surface area contributed by atoms with Crippen LogP contribution in [0.5, 0.6) is 17.2 Å². The molecule has 0 radical (unpaired) electrons. The molecule has 0 aliphatic heterocycles. The number of nitriles is 2. The molecule has 3 rings (SSSR count). The van der Waals surface area contributed by atoms with Crippen molar-refractivity contribution in [2.75, 3.05) is 12.4 Å². The predicted octanol–water partition coefficient (Wildman–Crippen LogP) is 4.72. The van der Waals surface area contributed by atoms with E-state index in [9.17, 15) is 35.5 Å². The van der Waals surface area contributed by atoms with E-state index in [-0.39, 0.29) is 45.4 Å². The summed E-state index contributed by atoms with van der Waals surface area (Å²) in [4.78, 5) is 33.4. The lowest BCUT2D eigenvalue weighted by atomic mass is 10.1. The number of methoxy groups -OCH3 is 1. The van der Waals surface area contributed by atoms with E-state index in [1.54, 1.807) is 24.3 Å².